The standard InChI is InChI=1S/C11H11FN4/c12-7-2-1-3-8-9(7)11(16-13)15-10(14-8)6-4-5-6/h1-3,6H,4-5,13H2,(H,14,15,16). The fraction of sp³-hybridized carbons (Fsp3) is 0.273. The van der Waals surface area contributed by atoms with E-state index >= 15 is 0 Å². The Morgan fingerprint density at radius 3 is 2.81 bits per heavy atom. The van der Waals surface area contributed by atoms with E-state index in [1.54, 1.807) is 12.1 Å². The molecule has 1 aliphatic carbocycles. The number of hydrogen-bond donors (Lipinski definition) is 2. The van der Waals surface area contributed by atoms with Crippen LogP contribution in [0.5, 0.6) is 0 Å². The van der Waals surface area contributed by atoms with E-state index in [2.05, 4.69) is 15.4 Å². The monoisotopic (exact) mass is 218 g/mol. The van der Waals surface area contributed by atoms with E-state index in [-0.39, 0.29) is 5.82 Å². The first kappa shape index (κ1) is 9.47. The molecule has 3 rings (SSSR count). The van der Waals surface area contributed by atoms with Crippen LogP contribution >= 0.6 is 0 Å². The number of benzene rings is 1. The van der Waals surface area contributed by atoms with Gasteiger partial charge in [-0.3, -0.25) is 0 Å². The van der Waals surface area contributed by atoms with E-state index in [4.69, 9.17) is 5.84 Å². The first-order chi connectivity index (χ1) is 7.79. The highest BCUT2D eigenvalue weighted by Crippen LogP contribution is 2.39. The van der Waals surface area contributed by atoms with Crippen molar-refractivity contribution in [1.82, 2.24) is 9.97 Å². The van der Waals surface area contributed by atoms with E-state index in [9.17, 15) is 4.39 Å². The Morgan fingerprint density at radius 1 is 1.31 bits per heavy atom. The number of aromatic nitrogens is 2. The molecule has 0 aliphatic heterocycles. The van der Waals surface area contributed by atoms with Gasteiger partial charge >= 0.3 is 0 Å². The Kier molecular flexibility index (Phi) is 2.00. The Morgan fingerprint density at radius 2 is 2.12 bits per heavy atom. The van der Waals surface area contributed by atoms with Gasteiger partial charge < -0.3 is 5.43 Å². The van der Waals surface area contributed by atoms with Crippen molar-refractivity contribution >= 4 is 16.7 Å². The van der Waals surface area contributed by atoms with Crippen molar-refractivity contribution in [1.29, 1.82) is 0 Å². The zero-order chi connectivity index (χ0) is 11.1. The number of nitrogens with zero attached hydrogens (tertiary/aromatic N) is 2. The van der Waals surface area contributed by atoms with Gasteiger partial charge in [-0.2, -0.15) is 0 Å². The number of hydrogen-bond acceptors (Lipinski definition) is 4. The lowest BCUT2D eigenvalue weighted by Gasteiger charge is -2.07. The van der Waals surface area contributed by atoms with E-state index in [0.29, 0.717) is 22.6 Å². The van der Waals surface area contributed by atoms with Gasteiger partial charge in [-0.1, -0.05) is 6.07 Å². The zero-order valence-corrected chi connectivity index (χ0v) is 8.57. The van der Waals surface area contributed by atoms with Crippen LogP contribution < -0.4 is 11.3 Å². The Hall–Kier alpha value is -1.75. The predicted octanol–water partition coefficient (Wildman–Crippen LogP) is 1.93. The molecule has 0 atom stereocenters. The lowest BCUT2D eigenvalue weighted by Crippen LogP contribution is -2.11. The highest BCUT2D eigenvalue weighted by atomic mass is 19.1. The van der Waals surface area contributed by atoms with Crippen molar-refractivity contribution in [2.24, 2.45) is 5.84 Å². The van der Waals surface area contributed by atoms with Crippen molar-refractivity contribution in [3.05, 3.63) is 29.8 Å². The van der Waals surface area contributed by atoms with Crippen molar-refractivity contribution < 1.29 is 4.39 Å². The van der Waals surface area contributed by atoms with Gasteiger partial charge in [0.25, 0.3) is 0 Å². The minimum Gasteiger partial charge on any atom is -0.308 e. The molecule has 1 heterocycles. The van der Waals surface area contributed by atoms with E-state index in [0.717, 1.165) is 18.7 Å². The van der Waals surface area contributed by atoms with Crippen LogP contribution in [0.2, 0.25) is 0 Å². The summed E-state index contributed by atoms with van der Waals surface area (Å²) in [5.41, 5.74) is 3.04. The van der Waals surface area contributed by atoms with Gasteiger partial charge in [-0.25, -0.2) is 20.2 Å². The van der Waals surface area contributed by atoms with Gasteiger partial charge in [0.2, 0.25) is 0 Å². The summed E-state index contributed by atoms with van der Waals surface area (Å²) in [5.74, 6) is 6.55. The number of fused-ring (bicyclic) bond motifs is 1. The fourth-order valence-corrected chi connectivity index (χ4v) is 1.79. The summed E-state index contributed by atoms with van der Waals surface area (Å²) in [5, 5.41) is 0.356. The molecule has 1 aromatic heterocycles. The molecule has 1 aliphatic rings. The van der Waals surface area contributed by atoms with Crippen LogP contribution in [0.4, 0.5) is 10.2 Å². The van der Waals surface area contributed by atoms with Gasteiger partial charge in [-0.15, -0.1) is 0 Å². The topological polar surface area (TPSA) is 63.8 Å². The first-order valence-electron chi connectivity index (χ1n) is 5.22. The van der Waals surface area contributed by atoms with E-state index in [1.165, 1.54) is 6.07 Å². The minimum atomic E-state index is -0.354. The molecule has 1 saturated carbocycles. The van der Waals surface area contributed by atoms with Crippen LogP contribution in [-0.2, 0) is 0 Å². The molecule has 1 aromatic carbocycles. The number of anilines is 1. The lowest BCUT2D eigenvalue weighted by atomic mass is 10.2. The summed E-state index contributed by atoms with van der Waals surface area (Å²) in [6.45, 7) is 0. The second-order valence-corrected chi connectivity index (χ2v) is 3.98. The minimum absolute atomic E-state index is 0.354. The molecule has 0 bridgehead atoms. The average Bonchev–Trinajstić information content (AvgIpc) is 3.11. The van der Waals surface area contributed by atoms with Gasteiger partial charge in [0.05, 0.1) is 10.9 Å². The van der Waals surface area contributed by atoms with E-state index in [1.807, 2.05) is 0 Å². The molecule has 0 saturated heterocycles. The van der Waals surface area contributed by atoms with Crippen LogP contribution in [0.1, 0.15) is 24.6 Å². The van der Waals surface area contributed by atoms with Crippen molar-refractivity contribution in [2.45, 2.75) is 18.8 Å². The number of hydrazine groups is 1. The molecule has 1 fully saturated rings. The highest BCUT2D eigenvalue weighted by Gasteiger charge is 2.27. The molecule has 0 radical (unpaired) electrons. The molecule has 4 nitrogen and oxygen atoms in total. The van der Waals surface area contributed by atoms with Crippen LogP contribution in [-0.4, -0.2) is 9.97 Å². The van der Waals surface area contributed by atoms with Crippen LogP contribution in [0, 0.1) is 5.82 Å². The van der Waals surface area contributed by atoms with Gasteiger partial charge in [0.1, 0.15) is 11.6 Å². The van der Waals surface area contributed by atoms with Crippen LogP contribution in [0.15, 0.2) is 18.2 Å². The largest absolute Gasteiger partial charge is 0.308 e. The third-order valence-corrected chi connectivity index (χ3v) is 2.77. The lowest BCUT2D eigenvalue weighted by molar-refractivity contribution is 0.639. The maximum Gasteiger partial charge on any atom is 0.154 e. The highest BCUT2D eigenvalue weighted by molar-refractivity contribution is 5.89. The molecule has 16 heavy (non-hydrogen) atoms. The summed E-state index contributed by atoms with van der Waals surface area (Å²) < 4.78 is 13.6. The second kappa shape index (κ2) is 3.38. The van der Waals surface area contributed by atoms with E-state index < -0.39 is 0 Å². The second-order valence-electron chi connectivity index (χ2n) is 3.98. The Labute approximate surface area is 91.7 Å². The molecule has 0 amide bonds. The molecule has 0 unspecified atom stereocenters. The molecule has 0 spiro atoms. The van der Waals surface area contributed by atoms with Crippen LogP contribution in [0.3, 0.4) is 0 Å². The van der Waals surface area contributed by atoms with Gasteiger partial charge in [0.15, 0.2) is 5.82 Å². The van der Waals surface area contributed by atoms with Crippen molar-refractivity contribution in [3.63, 3.8) is 0 Å². The maximum atomic E-state index is 13.6. The third-order valence-electron chi connectivity index (χ3n) is 2.77. The summed E-state index contributed by atoms with van der Waals surface area (Å²) in [6, 6.07) is 4.79. The SMILES string of the molecule is NNc1nc(C2CC2)nc2cccc(F)c12. The molecule has 5 heteroatoms. The van der Waals surface area contributed by atoms with Gasteiger partial charge in [-0.05, 0) is 25.0 Å². The number of nitrogens with two attached hydrogens (primary N) is 1. The number of nitrogens with one attached hydrogen (secondary N) is 1. The third kappa shape index (κ3) is 1.40. The zero-order valence-electron chi connectivity index (χ0n) is 8.57. The summed E-state index contributed by atoms with van der Waals surface area (Å²) in [7, 11) is 0. The Bertz CT molecular complexity index is 551. The smallest absolute Gasteiger partial charge is 0.154 e. The Balaban J connectivity index is 2.30. The summed E-state index contributed by atoms with van der Waals surface area (Å²) in [6.07, 6.45) is 2.20. The molecule has 82 valence electrons. The quantitative estimate of drug-likeness (QED) is 0.597. The van der Waals surface area contributed by atoms with Crippen LogP contribution in [0.25, 0.3) is 10.9 Å². The van der Waals surface area contributed by atoms with Crippen molar-refractivity contribution in [2.75, 3.05) is 5.43 Å². The molecular weight excluding hydrogens is 207 g/mol. The molecule has 3 N–H and O–H groups in total. The number of halogens is 1. The maximum absolute atomic E-state index is 13.6. The average molecular weight is 218 g/mol. The normalized spacial score (nSPS) is 15.4. The summed E-state index contributed by atoms with van der Waals surface area (Å²) in [4.78, 5) is 8.62. The number of nitrogen functional groups attached to an aromatic ring is 1. The fourth-order valence-electron chi connectivity index (χ4n) is 1.79. The number of rotatable bonds is 2. The van der Waals surface area contributed by atoms with Crippen molar-refractivity contribution in [3.8, 4) is 0 Å². The predicted molar refractivity (Wildman–Crippen MR) is 59.3 cm³/mol. The molecule has 2 aromatic rings. The molecular formula is C11H11FN4. The van der Waals surface area contributed by atoms with Gasteiger partial charge in [0, 0.05) is 5.92 Å². The first-order valence-corrected chi connectivity index (χ1v) is 5.22. The summed E-state index contributed by atoms with van der Waals surface area (Å²) >= 11 is 0.